The lowest BCUT2D eigenvalue weighted by Crippen LogP contribution is -2.44. The second-order valence-electron chi connectivity index (χ2n) is 7.65. The number of fused-ring (bicyclic) bond motifs is 1. The normalized spacial score (nSPS) is 18.4. The van der Waals surface area contributed by atoms with Crippen molar-refractivity contribution < 1.29 is 14.3 Å². The molecule has 0 aliphatic carbocycles. The number of piperazine rings is 1. The van der Waals surface area contributed by atoms with Gasteiger partial charge in [0.05, 0.1) is 21.6 Å². The maximum absolute atomic E-state index is 11.9. The van der Waals surface area contributed by atoms with E-state index in [2.05, 4.69) is 20.5 Å². The number of rotatable bonds is 6. The number of imide groups is 1. The lowest BCUT2D eigenvalue weighted by atomic mass is 10.1. The van der Waals surface area contributed by atoms with Gasteiger partial charge in [-0.2, -0.15) is 0 Å². The van der Waals surface area contributed by atoms with E-state index in [1.165, 1.54) is 0 Å². The van der Waals surface area contributed by atoms with Crippen molar-refractivity contribution in [3.05, 3.63) is 59.3 Å². The number of nitrogens with one attached hydrogen (secondary N) is 2. The minimum atomic E-state index is -0.362. The molecular formula is C23H23N5O3S. The number of amides is 2. The first-order valence-electron chi connectivity index (χ1n) is 10.5. The van der Waals surface area contributed by atoms with E-state index in [1.54, 1.807) is 12.4 Å². The summed E-state index contributed by atoms with van der Waals surface area (Å²) < 4.78 is 8.00. The molecule has 1 aromatic heterocycles. The molecule has 9 heteroatoms. The van der Waals surface area contributed by atoms with Crippen molar-refractivity contribution in [2.45, 2.75) is 0 Å². The third-order valence-electron chi connectivity index (χ3n) is 5.49. The van der Waals surface area contributed by atoms with Crippen LogP contribution >= 0.6 is 11.8 Å². The number of ether oxygens (including phenoxy) is 1. The van der Waals surface area contributed by atoms with Crippen LogP contribution in [0.2, 0.25) is 0 Å². The Labute approximate surface area is 189 Å². The monoisotopic (exact) mass is 449 g/mol. The minimum absolute atomic E-state index is 0.346. The molecule has 2 saturated heterocycles. The molecule has 3 aromatic rings. The van der Waals surface area contributed by atoms with Gasteiger partial charge in [-0.05, 0) is 47.7 Å². The average molecular weight is 450 g/mol. The molecule has 2 aliphatic heterocycles. The van der Waals surface area contributed by atoms with E-state index in [9.17, 15) is 9.59 Å². The fraction of sp³-hybridized carbons (Fsp3) is 0.261. The van der Waals surface area contributed by atoms with Gasteiger partial charge in [0.25, 0.3) is 11.1 Å². The van der Waals surface area contributed by atoms with E-state index in [1.807, 2.05) is 47.0 Å². The molecule has 2 fully saturated rings. The fourth-order valence-corrected chi connectivity index (χ4v) is 4.53. The van der Waals surface area contributed by atoms with Gasteiger partial charge in [0, 0.05) is 38.8 Å². The van der Waals surface area contributed by atoms with E-state index in [0.717, 1.165) is 72.5 Å². The Kier molecular flexibility index (Phi) is 5.93. The Morgan fingerprint density at radius 3 is 2.81 bits per heavy atom. The standard InChI is InChI=1S/C23H23N5O3S/c29-22-21(32-23(30)26-22)13-16-4-5-19-20(12-16)28(15-25-19)17-2-1-3-18(14-17)31-11-10-27-8-6-24-7-9-27/h1-5,12-15,24H,6-11H2,(H,26,29,30)/b21-13-. The first-order chi connectivity index (χ1) is 15.7. The number of imidazole rings is 1. The highest BCUT2D eigenvalue weighted by atomic mass is 32.2. The van der Waals surface area contributed by atoms with Gasteiger partial charge in [-0.3, -0.25) is 24.4 Å². The predicted octanol–water partition coefficient (Wildman–Crippen LogP) is 2.63. The summed E-state index contributed by atoms with van der Waals surface area (Å²) in [5.74, 6) is 0.453. The Bertz CT molecular complexity index is 1200. The quantitative estimate of drug-likeness (QED) is 0.560. The summed E-state index contributed by atoms with van der Waals surface area (Å²) in [7, 11) is 0. The molecule has 0 bridgehead atoms. The largest absolute Gasteiger partial charge is 0.492 e. The zero-order chi connectivity index (χ0) is 21.9. The molecule has 2 N–H and O–H groups in total. The van der Waals surface area contributed by atoms with Crippen LogP contribution in [-0.2, 0) is 4.79 Å². The third-order valence-corrected chi connectivity index (χ3v) is 6.30. The SMILES string of the molecule is O=C1NC(=O)/C(=C/c2ccc3ncn(-c4cccc(OCCN5CCNCC5)c4)c3c2)S1. The molecule has 0 radical (unpaired) electrons. The summed E-state index contributed by atoms with van der Waals surface area (Å²) in [4.78, 5) is 30.6. The average Bonchev–Trinajstić information content (AvgIpc) is 3.36. The van der Waals surface area contributed by atoms with Crippen LogP contribution in [0, 0.1) is 0 Å². The summed E-state index contributed by atoms with van der Waals surface area (Å²) in [5.41, 5.74) is 3.53. The van der Waals surface area contributed by atoms with Crippen LogP contribution in [0.5, 0.6) is 5.75 Å². The number of hydrogen-bond acceptors (Lipinski definition) is 7. The van der Waals surface area contributed by atoms with Crippen LogP contribution in [0.3, 0.4) is 0 Å². The zero-order valence-electron chi connectivity index (χ0n) is 17.4. The third kappa shape index (κ3) is 4.55. The number of thioether (sulfide) groups is 1. The van der Waals surface area contributed by atoms with Gasteiger partial charge >= 0.3 is 0 Å². The van der Waals surface area contributed by atoms with Gasteiger partial charge in [-0.25, -0.2) is 4.98 Å². The van der Waals surface area contributed by atoms with Crippen molar-refractivity contribution >= 4 is 40.0 Å². The summed E-state index contributed by atoms with van der Waals surface area (Å²) in [6.07, 6.45) is 3.50. The van der Waals surface area contributed by atoms with E-state index in [-0.39, 0.29) is 11.1 Å². The van der Waals surface area contributed by atoms with Crippen molar-refractivity contribution in [2.75, 3.05) is 39.3 Å². The van der Waals surface area contributed by atoms with Crippen LogP contribution in [0.15, 0.2) is 53.7 Å². The van der Waals surface area contributed by atoms with Gasteiger partial charge in [0.2, 0.25) is 0 Å². The summed E-state index contributed by atoms with van der Waals surface area (Å²) >= 11 is 0.912. The topological polar surface area (TPSA) is 88.5 Å². The number of carbonyl (C=O) groups excluding carboxylic acids is 2. The van der Waals surface area contributed by atoms with E-state index in [0.29, 0.717) is 11.5 Å². The maximum Gasteiger partial charge on any atom is 0.290 e. The number of carbonyl (C=O) groups is 2. The van der Waals surface area contributed by atoms with Crippen LogP contribution in [0.25, 0.3) is 22.8 Å². The summed E-state index contributed by atoms with van der Waals surface area (Å²) in [6, 6.07) is 13.7. The maximum atomic E-state index is 11.9. The predicted molar refractivity (Wildman–Crippen MR) is 125 cm³/mol. The molecule has 2 amide bonds. The van der Waals surface area contributed by atoms with Crippen molar-refractivity contribution in [1.29, 1.82) is 0 Å². The van der Waals surface area contributed by atoms with E-state index in [4.69, 9.17) is 4.74 Å². The zero-order valence-corrected chi connectivity index (χ0v) is 18.2. The highest BCUT2D eigenvalue weighted by Crippen LogP contribution is 2.28. The van der Waals surface area contributed by atoms with Gasteiger partial charge < -0.3 is 10.1 Å². The molecule has 2 aliphatic rings. The first kappa shape index (κ1) is 20.7. The second kappa shape index (κ2) is 9.15. The molecule has 8 nitrogen and oxygen atoms in total. The molecule has 2 aromatic carbocycles. The first-order valence-corrected chi connectivity index (χ1v) is 11.4. The summed E-state index contributed by atoms with van der Waals surface area (Å²) in [5, 5.41) is 5.29. The molecule has 32 heavy (non-hydrogen) atoms. The Hall–Kier alpha value is -3.14. The van der Waals surface area contributed by atoms with Crippen LogP contribution in [0.1, 0.15) is 5.56 Å². The van der Waals surface area contributed by atoms with Crippen LogP contribution < -0.4 is 15.4 Å². The van der Waals surface area contributed by atoms with Crippen molar-refractivity contribution in [2.24, 2.45) is 0 Å². The molecular weight excluding hydrogens is 426 g/mol. The van der Waals surface area contributed by atoms with Crippen LogP contribution in [0.4, 0.5) is 4.79 Å². The molecule has 3 heterocycles. The lowest BCUT2D eigenvalue weighted by molar-refractivity contribution is -0.115. The molecule has 0 saturated carbocycles. The van der Waals surface area contributed by atoms with Gasteiger partial charge in [-0.15, -0.1) is 0 Å². The Morgan fingerprint density at radius 1 is 1.12 bits per heavy atom. The Morgan fingerprint density at radius 2 is 2.00 bits per heavy atom. The summed E-state index contributed by atoms with van der Waals surface area (Å²) in [6.45, 7) is 5.72. The molecule has 0 unspecified atom stereocenters. The minimum Gasteiger partial charge on any atom is -0.492 e. The fourth-order valence-electron chi connectivity index (χ4n) is 3.84. The molecule has 5 rings (SSSR count). The van der Waals surface area contributed by atoms with Gasteiger partial charge in [0.15, 0.2) is 0 Å². The van der Waals surface area contributed by atoms with Crippen molar-refractivity contribution in [1.82, 2.24) is 25.1 Å². The van der Waals surface area contributed by atoms with E-state index >= 15 is 0 Å². The highest BCUT2D eigenvalue weighted by molar-refractivity contribution is 8.18. The molecule has 0 atom stereocenters. The lowest BCUT2D eigenvalue weighted by Gasteiger charge is -2.26. The van der Waals surface area contributed by atoms with Crippen molar-refractivity contribution in [3.63, 3.8) is 0 Å². The van der Waals surface area contributed by atoms with Crippen molar-refractivity contribution in [3.8, 4) is 11.4 Å². The molecule has 0 spiro atoms. The second-order valence-corrected chi connectivity index (χ2v) is 8.67. The highest BCUT2D eigenvalue weighted by Gasteiger charge is 2.25. The number of nitrogens with zero attached hydrogens (tertiary/aromatic N) is 3. The number of aromatic nitrogens is 2. The Balaban J connectivity index is 1.35. The van der Waals surface area contributed by atoms with E-state index < -0.39 is 0 Å². The number of benzene rings is 2. The van der Waals surface area contributed by atoms with Crippen LogP contribution in [-0.4, -0.2) is 64.9 Å². The molecule has 164 valence electrons. The van der Waals surface area contributed by atoms with Gasteiger partial charge in [-0.1, -0.05) is 12.1 Å². The number of hydrogen-bond donors (Lipinski definition) is 2. The van der Waals surface area contributed by atoms with Gasteiger partial charge in [0.1, 0.15) is 18.7 Å². The smallest absolute Gasteiger partial charge is 0.290 e.